The molecule has 2 fully saturated rings. The van der Waals surface area contributed by atoms with E-state index in [0.29, 0.717) is 19.3 Å². The van der Waals surface area contributed by atoms with Crippen LogP contribution < -0.4 is 10.7 Å². The maximum atomic E-state index is 12.8. The van der Waals surface area contributed by atoms with E-state index < -0.39 is 148 Å². The highest BCUT2D eigenvalue weighted by Crippen LogP contribution is 2.29. The largest absolute Gasteiger partial charge is 0.481 e. The molecule has 22 nitrogen and oxygen atoms in total. The third-order valence-electron chi connectivity index (χ3n) is 8.34. The van der Waals surface area contributed by atoms with Gasteiger partial charge in [0.1, 0.15) is 47.7 Å². The van der Waals surface area contributed by atoms with Crippen LogP contribution in [-0.2, 0) is 61.9 Å². The van der Waals surface area contributed by atoms with Gasteiger partial charge in [0, 0.05) is 13.1 Å². The van der Waals surface area contributed by atoms with Crippen molar-refractivity contribution in [1.29, 1.82) is 0 Å². The standard InChI is InChI=1S/C17H27Cl3N2O6.C16H24Cl3F2N3O6.C10H16F2O5/c1-15(2,3)27-13(24)21-9-7-8-11(12(23)26-10-17(18,19)20)22(21)14(25)28-16(4,5)6;1-15(2,3)30-14(27)22-10(7-28-13(20)21)11(25)24-6-4-5-9(23-24)12(26)29-8-16(17,18)19;1-10(2,3)17-7(13)4-6(8(14)15)5-16-9(11)12/h11H,7-10H2,1-6H3;9-10,13,23H,4-8H2,1-3H3,(H,22,27);6,9H,4-5H2,1-3H3,(H,14,15)/t11-;9-,10-;6-/m000/s1. The summed E-state index contributed by atoms with van der Waals surface area (Å²) >= 11 is 33.5. The number of hydrogen-bond acceptors (Lipinski definition) is 17. The number of hydrazine groups is 2. The summed E-state index contributed by atoms with van der Waals surface area (Å²) in [7, 11) is 0. The van der Waals surface area contributed by atoms with Gasteiger partial charge in [0.25, 0.3) is 5.91 Å². The van der Waals surface area contributed by atoms with Crippen molar-refractivity contribution < 1.29 is 98.9 Å². The van der Waals surface area contributed by atoms with Crippen molar-refractivity contribution in [3.8, 4) is 0 Å². The summed E-state index contributed by atoms with van der Waals surface area (Å²) < 4.78 is 83.4. The number of ether oxygens (including phenoxy) is 8. The molecule has 0 bridgehead atoms. The van der Waals surface area contributed by atoms with E-state index in [2.05, 4.69) is 20.2 Å². The van der Waals surface area contributed by atoms with Gasteiger partial charge in [-0.05, 0) is 109 Å². The number of nitrogens with one attached hydrogen (secondary N) is 2. The molecule has 0 aliphatic carbocycles. The van der Waals surface area contributed by atoms with Gasteiger partial charge in [0.2, 0.25) is 7.59 Å². The first-order valence-electron chi connectivity index (χ1n) is 22.6. The summed E-state index contributed by atoms with van der Waals surface area (Å²) in [5.74, 6) is -5.86. The lowest BCUT2D eigenvalue weighted by molar-refractivity contribution is -0.169. The van der Waals surface area contributed by atoms with Crippen LogP contribution in [0, 0.1) is 5.92 Å². The van der Waals surface area contributed by atoms with Gasteiger partial charge in [-0.2, -0.15) is 22.6 Å². The van der Waals surface area contributed by atoms with Crippen molar-refractivity contribution in [3.63, 3.8) is 0 Å². The van der Waals surface area contributed by atoms with Crippen molar-refractivity contribution in [2.24, 2.45) is 5.92 Å². The van der Waals surface area contributed by atoms with Crippen molar-refractivity contribution in [3.05, 3.63) is 0 Å². The Kier molecular flexibility index (Phi) is 29.7. The maximum Gasteiger partial charge on any atom is 0.430 e. The Bertz CT molecular complexity index is 1900. The Labute approximate surface area is 462 Å². The lowest BCUT2D eigenvalue weighted by Crippen LogP contribution is -2.61. The van der Waals surface area contributed by atoms with Gasteiger partial charge in [-0.25, -0.2) is 29.6 Å². The Balaban J connectivity index is 0.00000114. The molecule has 0 aromatic carbocycles. The van der Waals surface area contributed by atoms with Crippen LogP contribution in [0.25, 0.3) is 0 Å². The van der Waals surface area contributed by atoms with E-state index in [1.54, 1.807) is 83.1 Å². The molecule has 0 aromatic heterocycles. The Morgan fingerprint density at radius 1 is 0.627 bits per heavy atom. The Morgan fingerprint density at radius 3 is 1.53 bits per heavy atom. The monoisotopic (exact) mass is 1210 g/mol. The zero-order valence-electron chi connectivity index (χ0n) is 43.3. The number of hydrogen-bond donors (Lipinski definition) is 3. The van der Waals surface area contributed by atoms with Crippen LogP contribution in [0.1, 0.15) is 115 Å². The number of carboxylic acids is 1. The zero-order valence-corrected chi connectivity index (χ0v) is 47.9. The molecule has 2 aliphatic heterocycles. The highest BCUT2D eigenvalue weighted by Gasteiger charge is 2.45. The molecule has 0 spiro atoms. The molecule has 2 aliphatic rings. The average Bonchev–Trinajstić information content (AvgIpc) is 3.21. The SMILES string of the molecule is CC(C)(C)OC(=O)C[C@@H](COC(F)F)C(=O)O.CC(C)(C)OC(=O)N1CCC[C@@H](C(=O)OCC(Cl)(Cl)Cl)N1C(=O)OC(C)(C)C.CC(C)(C)OC(=O)N[C@@H](COC(F)F)C(=O)N1CCC[C@@H](C(=O)OCC(Cl)(Cl)Cl)N1. The number of carboxylic acid groups (broad SMARTS) is 1. The topological polar surface area (TPSA) is 264 Å². The van der Waals surface area contributed by atoms with E-state index in [0.717, 1.165) is 15.0 Å². The number of alkyl carbamates (subject to hydrolysis) is 1. The fourth-order valence-electron chi connectivity index (χ4n) is 5.67. The maximum absolute atomic E-state index is 12.8. The molecule has 4 amide bonds. The second-order valence-electron chi connectivity index (χ2n) is 20.1. The predicted molar refractivity (Wildman–Crippen MR) is 263 cm³/mol. The zero-order chi connectivity index (χ0) is 58.7. The highest BCUT2D eigenvalue weighted by atomic mass is 35.6. The molecule has 75 heavy (non-hydrogen) atoms. The molecule has 0 aromatic rings. The number of aliphatic carboxylic acids is 1. The van der Waals surface area contributed by atoms with Crippen LogP contribution in [0.15, 0.2) is 0 Å². The van der Waals surface area contributed by atoms with Crippen LogP contribution in [0.4, 0.5) is 31.9 Å². The van der Waals surface area contributed by atoms with Gasteiger partial charge in [0.15, 0.2) is 6.04 Å². The number of rotatable bonds is 15. The van der Waals surface area contributed by atoms with Crippen LogP contribution in [0.3, 0.4) is 0 Å². The molecule has 2 rings (SSSR count). The van der Waals surface area contributed by atoms with Gasteiger partial charge in [0.05, 0.1) is 25.6 Å². The molecular formula is C43H67Cl6F4N5O17. The van der Waals surface area contributed by atoms with E-state index in [9.17, 15) is 55.9 Å². The van der Waals surface area contributed by atoms with Crippen molar-refractivity contribution in [2.45, 2.75) is 177 Å². The average molecular weight is 1210 g/mol. The van der Waals surface area contributed by atoms with Crippen LogP contribution in [0.5, 0.6) is 0 Å². The lowest BCUT2D eigenvalue weighted by Gasteiger charge is -2.42. The summed E-state index contributed by atoms with van der Waals surface area (Å²) in [4.78, 5) is 96.8. The minimum absolute atomic E-state index is 0.147. The molecule has 3 N–H and O–H groups in total. The Hall–Kier alpha value is -3.50. The van der Waals surface area contributed by atoms with Crippen molar-refractivity contribution >= 4 is 118 Å². The summed E-state index contributed by atoms with van der Waals surface area (Å²) in [6.07, 6.45) is -1.76. The number of carbonyl (C=O) groups is 8. The van der Waals surface area contributed by atoms with Gasteiger partial charge in [-0.1, -0.05) is 69.6 Å². The minimum Gasteiger partial charge on any atom is -0.481 e. The molecule has 2 saturated heterocycles. The van der Waals surface area contributed by atoms with E-state index >= 15 is 0 Å². The van der Waals surface area contributed by atoms with Gasteiger partial charge in [-0.15, -0.1) is 0 Å². The molecule has 2 heterocycles. The number of alkyl halides is 10. The smallest absolute Gasteiger partial charge is 0.430 e. The summed E-state index contributed by atoms with van der Waals surface area (Å²) in [5.41, 5.74) is -0.635. The second-order valence-corrected chi connectivity index (χ2v) is 25.1. The minimum atomic E-state index is -3.15. The summed E-state index contributed by atoms with van der Waals surface area (Å²) in [6, 6.07) is -3.55. The molecule has 0 unspecified atom stereocenters. The molecule has 436 valence electrons. The first kappa shape index (κ1) is 71.5. The quantitative estimate of drug-likeness (QED) is 0.0599. The van der Waals surface area contributed by atoms with Crippen molar-refractivity contribution in [1.82, 2.24) is 25.8 Å². The normalized spacial score (nSPS) is 17.5. The van der Waals surface area contributed by atoms with Crippen LogP contribution >= 0.6 is 69.6 Å². The van der Waals surface area contributed by atoms with Gasteiger partial charge >= 0.3 is 55.4 Å². The molecular weight excluding hydrogens is 1150 g/mol. The highest BCUT2D eigenvalue weighted by molar-refractivity contribution is 6.68. The molecule has 4 atom stereocenters. The van der Waals surface area contributed by atoms with E-state index in [1.807, 2.05) is 0 Å². The third-order valence-corrected chi connectivity index (χ3v) is 8.99. The first-order valence-corrected chi connectivity index (χ1v) is 24.9. The number of halogens is 10. The van der Waals surface area contributed by atoms with E-state index in [-0.39, 0.29) is 19.5 Å². The van der Waals surface area contributed by atoms with Crippen molar-refractivity contribution in [2.75, 3.05) is 39.5 Å². The summed E-state index contributed by atoms with van der Waals surface area (Å²) in [5, 5.41) is 13.9. The molecule has 32 heteroatoms. The van der Waals surface area contributed by atoms with Crippen LogP contribution in [0.2, 0.25) is 0 Å². The van der Waals surface area contributed by atoms with E-state index in [1.165, 1.54) is 0 Å². The van der Waals surface area contributed by atoms with Gasteiger partial charge < -0.3 is 48.3 Å². The number of nitrogens with zero attached hydrogens (tertiary/aromatic N) is 3. The van der Waals surface area contributed by atoms with E-state index in [4.69, 9.17) is 103 Å². The second kappa shape index (κ2) is 31.2. The predicted octanol–water partition coefficient (Wildman–Crippen LogP) is 8.64. The third kappa shape index (κ3) is 34.1. The number of carbonyl (C=O) groups excluding carboxylic acids is 7. The number of amides is 4. The number of esters is 3. The molecule has 0 radical (unpaired) electrons. The molecule has 0 saturated carbocycles. The lowest BCUT2D eigenvalue weighted by atomic mass is 10.1. The van der Waals surface area contributed by atoms with Crippen LogP contribution in [-0.4, -0.2) is 169 Å². The first-order chi connectivity index (χ1) is 33.8. The summed E-state index contributed by atoms with van der Waals surface area (Å²) in [6.45, 7) is 11.3. The Morgan fingerprint density at radius 2 is 1.08 bits per heavy atom. The fourth-order valence-corrected chi connectivity index (χ4v) is 6.00. The fraction of sp³-hybridized carbons (Fsp3) is 0.814. The van der Waals surface area contributed by atoms with Gasteiger partial charge in [-0.3, -0.25) is 24.2 Å².